The van der Waals surface area contributed by atoms with Gasteiger partial charge in [-0.15, -0.1) is 0 Å². The number of hydrogen-bond donors (Lipinski definition) is 5. The van der Waals surface area contributed by atoms with Gasteiger partial charge in [-0.25, -0.2) is 0 Å². The van der Waals surface area contributed by atoms with Crippen molar-refractivity contribution >= 4 is 116 Å². The van der Waals surface area contributed by atoms with Crippen molar-refractivity contribution in [3.8, 4) is 46.0 Å². The summed E-state index contributed by atoms with van der Waals surface area (Å²) in [6.45, 7) is 32.5. The first kappa shape index (κ1) is 107. The van der Waals surface area contributed by atoms with Crippen LogP contribution in [0.2, 0.25) is 25.1 Å². The van der Waals surface area contributed by atoms with E-state index in [4.69, 9.17) is 101 Å². The number of amides is 5. The van der Waals surface area contributed by atoms with Crippen molar-refractivity contribution in [3.05, 3.63) is 274 Å². The molecule has 0 spiro atoms. The molecule has 29 heteroatoms. The van der Waals surface area contributed by atoms with Crippen molar-refractivity contribution in [2.75, 3.05) is 194 Å². The number of nitrogens with zero attached hydrogens (tertiary/aromatic N) is 5. The Morgan fingerprint density at radius 1 is 0.311 bits per heavy atom. The lowest BCUT2D eigenvalue weighted by Crippen LogP contribution is -2.38. The van der Waals surface area contributed by atoms with Gasteiger partial charge in [-0.1, -0.05) is 100 Å². The molecule has 0 atom stereocenters. The van der Waals surface area contributed by atoms with Crippen LogP contribution in [0.15, 0.2) is 182 Å². The smallest absolute Gasteiger partial charge is 0.263 e. The maximum atomic E-state index is 13.1. The minimum Gasteiger partial charge on any atom is -0.493 e. The number of rotatable bonds is 36. The van der Waals surface area contributed by atoms with Crippen LogP contribution in [0, 0.1) is 48.5 Å². The summed E-state index contributed by atoms with van der Waals surface area (Å²) in [4.78, 5) is 75.1. The molecule has 2 aliphatic heterocycles. The second-order valence-corrected chi connectivity index (χ2v) is 34.3. The molecule has 708 valence electrons. The predicted molar refractivity (Wildman–Crippen MR) is 537 cm³/mol. The molecule has 132 heavy (non-hydrogen) atoms. The molecule has 2 heterocycles. The third-order valence-corrected chi connectivity index (χ3v) is 22.8. The Hall–Kier alpha value is -10.8. The Morgan fingerprint density at radius 2 is 0.598 bits per heavy atom. The highest BCUT2D eigenvalue weighted by Crippen LogP contribution is 2.36. The molecule has 2 saturated heterocycles. The molecular formula is C103H127Cl5N10O14. The molecule has 0 bridgehead atoms. The number of nitrogens with one attached hydrogen (secondary N) is 5. The van der Waals surface area contributed by atoms with Crippen LogP contribution in [0.4, 0.5) is 28.4 Å². The van der Waals surface area contributed by atoms with Crippen molar-refractivity contribution in [1.82, 2.24) is 24.5 Å². The summed E-state index contributed by atoms with van der Waals surface area (Å²) in [5, 5.41) is 17.9. The second kappa shape index (κ2) is 55.6. The number of likely N-dealkylation sites (tertiary alicyclic amines) is 1. The molecule has 0 aromatic heterocycles. The van der Waals surface area contributed by atoms with Crippen LogP contribution in [-0.4, -0.2) is 221 Å². The van der Waals surface area contributed by atoms with Crippen molar-refractivity contribution in [3.63, 3.8) is 0 Å². The van der Waals surface area contributed by atoms with E-state index in [0.29, 0.717) is 180 Å². The zero-order valence-electron chi connectivity index (χ0n) is 78.7. The molecule has 0 saturated carbocycles. The quantitative estimate of drug-likeness (QED) is 0.0245. The van der Waals surface area contributed by atoms with Gasteiger partial charge in [-0.2, -0.15) is 0 Å². The summed E-state index contributed by atoms with van der Waals surface area (Å²) >= 11 is 30.3. The first-order valence-corrected chi connectivity index (χ1v) is 46.2. The van der Waals surface area contributed by atoms with Crippen LogP contribution in [0.3, 0.4) is 0 Å². The molecule has 10 aromatic carbocycles. The Kier molecular flexibility index (Phi) is 44.9. The first-order chi connectivity index (χ1) is 63.3. The molecule has 24 nitrogen and oxygen atoms in total. The molecule has 2 aliphatic rings. The van der Waals surface area contributed by atoms with Gasteiger partial charge in [0.2, 0.25) is 0 Å². The average Bonchev–Trinajstić information content (AvgIpc) is 0.834. The maximum Gasteiger partial charge on any atom is 0.263 e. The lowest BCUT2D eigenvalue weighted by Gasteiger charge is -2.26. The molecule has 12 rings (SSSR count). The number of anilines is 5. The fourth-order valence-corrected chi connectivity index (χ4v) is 14.0. The van der Waals surface area contributed by atoms with Crippen molar-refractivity contribution < 1.29 is 66.6 Å². The van der Waals surface area contributed by atoms with Gasteiger partial charge in [0.05, 0.1) is 44.2 Å². The van der Waals surface area contributed by atoms with E-state index < -0.39 is 0 Å². The van der Waals surface area contributed by atoms with Crippen LogP contribution < -0.4 is 64.5 Å². The lowest BCUT2D eigenvalue weighted by atomic mass is 10.1. The highest BCUT2D eigenvalue weighted by Gasteiger charge is 2.26. The average molecular weight is 1910 g/mol. The van der Waals surface area contributed by atoms with E-state index in [1.165, 1.54) is 19.3 Å². The highest BCUT2D eigenvalue weighted by molar-refractivity contribution is 6.33. The summed E-state index contributed by atoms with van der Waals surface area (Å²) in [5.74, 6) is 3.03. The topological polar surface area (TPSA) is 245 Å². The minimum absolute atomic E-state index is 0.194. The number of likely N-dealkylation sites (N-methyl/N-ethyl adjacent to an activating group) is 3. The third-order valence-electron chi connectivity index (χ3n) is 20.7. The zero-order chi connectivity index (χ0) is 95.8. The number of hydrogen-bond acceptors (Lipinski definition) is 19. The predicted octanol–water partition coefficient (Wildman–Crippen LogP) is 21.7. The van der Waals surface area contributed by atoms with Gasteiger partial charge in [-0.3, -0.25) is 33.8 Å². The number of halogens is 5. The normalized spacial score (nSPS) is 12.4. The summed E-state index contributed by atoms with van der Waals surface area (Å²) in [6, 6.07) is 54.4. The second-order valence-electron chi connectivity index (χ2n) is 32.3. The Bertz CT molecular complexity index is 5280. The largest absolute Gasteiger partial charge is 0.493 e. The Balaban J connectivity index is 0.000000204. The fraction of sp³-hybridized carbons (Fsp3) is 0.369. The molecule has 0 unspecified atom stereocenters. The molecular weight excluding hydrogens is 1780 g/mol. The molecule has 0 aliphatic carbocycles. The molecule has 10 aromatic rings. The van der Waals surface area contributed by atoms with Gasteiger partial charge < -0.3 is 83.9 Å². The van der Waals surface area contributed by atoms with E-state index >= 15 is 0 Å². The van der Waals surface area contributed by atoms with E-state index in [2.05, 4.69) is 36.4 Å². The van der Waals surface area contributed by atoms with E-state index in [-0.39, 0.29) is 29.5 Å². The van der Waals surface area contributed by atoms with E-state index in [9.17, 15) is 24.0 Å². The number of carbonyl (C=O) groups is 5. The monoisotopic (exact) mass is 1900 g/mol. The molecule has 5 N–H and O–H groups in total. The maximum absolute atomic E-state index is 13.1. The molecule has 5 amide bonds. The summed E-state index contributed by atoms with van der Waals surface area (Å²) in [7, 11) is 11.9. The van der Waals surface area contributed by atoms with Gasteiger partial charge in [0.1, 0.15) is 95.7 Å². The van der Waals surface area contributed by atoms with Crippen molar-refractivity contribution in [2.45, 2.75) is 88.5 Å². The van der Waals surface area contributed by atoms with E-state index in [1.54, 1.807) is 97.1 Å². The van der Waals surface area contributed by atoms with Crippen LogP contribution in [0.25, 0.3) is 0 Å². The SMILES string of the molecule is CCOc1cccc(OCCN(C)C)c1C(=O)Nc1ccc(Cl)c(C)c1.CCOc1cccc(OCCN2CCCCC2)c1C(=O)Nc1ccc(Cl)c(C)c1.CCOc1cccc(OCCN2CCOCC2)c1C(=O)Nc1ccc(Cl)c(C)c1.Cc1ccc(C(=O)Nc2ccc(Cl)c(C)c2)c(OCCN(C)C)c1.Cc1ccc(OCCN(C)C)c(C(=O)Nc2ccc(Cl)c(C)c2)c1. The Labute approximate surface area is 804 Å². The van der Waals surface area contributed by atoms with Crippen LogP contribution in [-0.2, 0) is 4.74 Å². The van der Waals surface area contributed by atoms with Gasteiger partial charge in [0, 0.05) is 99.4 Å². The van der Waals surface area contributed by atoms with Crippen LogP contribution in [0.5, 0.6) is 46.0 Å². The lowest BCUT2D eigenvalue weighted by molar-refractivity contribution is 0.0322. The molecule has 0 radical (unpaired) electrons. The fourth-order valence-electron chi connectivity index (χ4n) is 13.5. The van der Waals surface area contributed by atoms with E-state index in [1.807, 2.05) is 211 Å². The summed E-state index contributed by atoms with van der Waals surface area (Å²) in [6.07, 6.45) is 3.80. The first-order valence-electron chi connectivity index (χ1n) is 44.3. The number of aryl methyl sites for hydroxylation is 7. The van der Waals surface area contributed by atoms with Crippen LogP contribution in [0.1, 0.15) is 131 Å². The standard InChI is InChI=1S/C23H29ClN2O3.C22H27ClN2O4.C20H25ClN2O3.2C19H23ClN2O2/c1-3-28-20-8-7-9-21(29-15-14-26-12-5-4-6-13-26)22(20)23(27)25-18-10-11-19(24)17(2)16-18;1-3-28-19-5-4-6-20(29-14-11-25-9-12-27-13-10-25)21(19)22(26)24-17-7-8-18(23)16(2)15-17;1-5-25-17-7-6-8-18(26-12-11-23(3)4)19(17)20(24)22-15-9-10-16(21)14(2)13-15;1-13-5-8-18(24-10-9-22(3)4)16(11-13)19(23)21-15-6-7-17(20)14(2)12-15;1-13-5-7-16(18(11-13)24-10-9-22(3)4)19(23)21-15-6-8-17(20)14(2)12-15/h7-11,16H,3-6,12-15H2,1-2H3,(H,25,27);4-8,15H,3,9-14H2,1-2H3,(H,24,26);6-10,13H,5,11-12H2,1-4H3,(H,22,24);2*5-8,11-12H,9-10H2,1-4H3,(H,21,23). The number of ether oxygens (including phenoxy) is 9. The summed E-state index contributed by atoms with van der Waals surface area (Å²) < 4.78 is 51.8. The minimum atomic E-state index is -0.282. The van der Waals surface area contributed by atoms with Crippen LogP contribution >= 0.6 is 58.0 Å². The van der Waals surface area contributed by atoms with E-state index in [0.717, 1.165) is 111 Å². The highest BCUT2D eigenvalue weighted by atomic mass is 35.5. The van der Waals surface area contributed by atoms with Gasteiger partial charge in [0.25, 0.3) is 29.5 Å². The third kappa shape index (κ3) is 35.3. The number of morpholine rings is 1. The number of benzene rings is 10. The van der Waals surface area contributed by atoms with Gasteiger partial charge >= 0.3 is 0 Å². The zero-order valence-corrected chi connectivity index (χ0v) is 82.5. The molecule has 2 fully saturated rings. The number of piperidine rings is 1. The summed E-state index contributed by atoms with van der Waals surface area (Å²) in [5.41, 5.74) is 12.3. The number of carbonyl (C=O) groups excluding carboxylic acids is 5. The van der Waals surface area contributed by atoms with Crippen molar-refractivity contribution in [1.29, 1.82) is 0 Å². The van der Waals surface area contributed by atoms with Gasteiger partial charge in [0.15, 0.2) is 0 Å². The Morgan fingerprint density at radius 3 is 0.932 bits per heavy atom. The van der Waals surface area contributed by atoms with Gasteiger partial charge in [-0.05, 0) is 322 Å². The van der Waals surface area contributed by atoms with Crippen molar-refractivity contribution in [2.24, 2.45) is 0 Å².